The number of hydrazone groups is 1. The summed E-state index contributed by atoms with van der Waals surface area (Å²) in [6.45, 7) is 0.597. The van der Waals surface area contributed by atoms with Gasteiger partial charge in [-0.15, -0.1) is 0 Å². The predicted molar refractivity (Wildman–Crippen MR) is 130 cm³/mol. The topological polar surface area (TPSA) is 136 Å². The van der Waals surface area contributed by atoms with E-state index in [4.69, 9.17) is 19.9 Å². The molecule has 0 saturated carbocycles. The molecule has 3 aliphatic rings. The number of aliphatic imine (C=N–C) groups is 1. The Bertz CT molecular complexity index is 1280. The monoisotopic (exact) mass is 508 g/mol. The number of hydrogen-bond acceptors (Lipinski definition) is 10. The summed E-state index contributed by atoms with van der Waals surface area (Å²) >= 11 is 0. The summed E-state index contributed by atoms with van der Waals surface area (Å²) in [6.07, 6.45) is 0.00644. The fraction of sp³-hybridized carbons (Fsp3) is 0.308. The number of nitrogens with two attached hydrogens (primary N) is 1. The minimum Gasteiger partial charge on any atom is -0.459 e. The molecule has 37 heavy (non-hydrogen) atoms. The lowest BCUT2D eigenvalue weighted by Crippen LogP contribution is -2.62. The van der Waals surface area contributed by atoms with E-state index < -0.39 is 48.3 Å². The number of benzene rings is 2. The van der Waals surface area contributed by atoms with Crippen molar-refractivity contribution in [1.82, 2.24) is 5.01 Å². The third-order valence-corrected chi connectivity index (χ3v) is 6.70. The van der Waals surface area contributed by atoms with Crippen molar-refractivity contribution in [3.63, 3.8) is 0 Å². The second kappa shape index (κ2) is 9.41. The molecule has 3 N–H and O–H groups in total. The van der Waals surface area contributed by atoms with Crippen molar-refractivity contribution in [2.75, 3.05) is 6.61 Å². The Hall–Kier alpha value is -4.09. The van der Waals surface area contributed by atoms with Crippen LogP contribution in [0, 0.1) is 0 Å². The summed E-state index contributed by atoms with van der Waals surface area (Å²) in [5, 5.41) is 17.1. The van der Waals surface area contributed by atoms with Crippen LogP contribution in [0.2, 0.25) is 0 Å². The Kier molecular flexibility index (Phi) is 6.26. The zero-order valence-electron chi connectivity index (χ0n) is 19.9. The fourth-order valence-corrected chi connectivity index (χ4v) is 4.73. The number of fused-ring (bicyclic) bond motifs is 1. The SMILES string of the molecule is CC1(F)C(OC(=O)c2ccccc2)C(COC(=O)c2ccccc2)OC1(O)C1CC=C2C(N)=NC=NN21. The van der Waals surface area contributed by atoms with E-state index in [1.54, 1.807) is 54.6 Å². The van der Waals surface area contributed by atoms with Gasteiger partial charge in [0.25, 0.3) is 0 Å². The molecular formula is C26H25FN4O6. The number of carbonyl (C=O) groups is 2. The van der Waals surface area contributed by atoms with Gasteiger partial charge in [-0.2, -0.15) is 5.10 Å². The number of rotatable bonds is 6. The third-order valence-electron chi connectivity index (χ3n) is 6.70. The first kappa shape index (κ1) is 24.6. The molecule has 10 nitrogen and oxygen atoms in total. The summed E-state index contributed by atoms with van der Waals surface area (Å²) in [5.74, 6) is -3.87. The fourth-order valence-electron chi connectivity index (χ4n) is 4.73. The maximum Gasteiger partial charge on any atom is 0.338 e. The van der Waals surface area contributed by atoms with E-state index in [0.717, 1.165) is 6.92 Å². The molecule has 0 spiro atoms. The number of esters is 2. The summed E-state index contributed by atoms with van der Waals surface area (Å²) < 4.78 is 33.5. The first-order valence-corrected chi connectivity index (χ1v) is 11.6. The first-order valence-electron chi connectivity index (χ1n) is 11.6. The van der Waals surface area contributed by atoms with Gasteiger partial charge in [0, 0.05) is 0 Å². The highest BCUT2D eigenvalue weighted by molar-refractivity contribution is 6.02. The third kappa shape index (κ3) is 4.25. The minimum absolute atomic E-state index is 0.120. The lowest BCUT2D eigenvalue weighted by atomic mass is 9.86. The van der Waals surface area contributed by atoms with E-state index in [9.17, 15) is 14.7 Å². The van der Waals surface area contributed by atoms with Crippen molar-refractivity contribution in [1.29, 1.82) is 0 Å². The van der Waals surface area contributed by atoms with E-state index in [2.05, 4.69) is 10.1 Å². The molecule has 5 unspecified atom stereocenters. The van der Waals surface area contributed by atoms with Gasteiger partial charge in [-0.05, 0) is 37.6 Å². The lowest BCUT2D eigenvalue weighted by molar-refractivity contribution is -0.271. The number of nitrogens with zero attached hydrogens (tertiary/aromatic N) is 3. The highest BCUT2D eigenvalue weighted by Gasteiger charge is 2.71. The van der Waals surface area contributed by atoms with Crippen molar-refractivity contribution >= 4 is 24.1 Å². The molecule has 0 amide bonds. The van der Waals surface area contributed by atoms with E-state index >= 15 is 4.39 Å². The van der Waals surface area contributed by atoms with Crippen LogP contribution in [0.4, 0.5) is 4.39 Å². The molecule has 5 rings (SSSR count). The average molecular weight is 509 g/mol. The number of carbonyl (C=O) groups excluding carboxylic acids is 2. The highest BCUT2D eigenvalue weighted by atomic mass is 19.1. The molecule has 2 aromatic rings. The molecule has 1 saturated heterocycles. The molecule has 11 heteroatoms. The summed E-state index contributed by atoms with van der Waals surface area (Å²) in [4.78, 5) is 29.4. The van der Waals surface area contributed by atoms with Gasteiger partial charge in [-0.25, -0.2) is 19.0 Å². The molecule has 2 aromatic carbocycles. The van der Waals surface area contributed by atoms with Crippen LogP contribution in [0.1, 0.15) is 34.1 Å². The van der Waals surface area contributed by atoms with Crippen LogP contribution >= 0.6 is 0 Å². The molecule has 1 fully saturated rings. The van der Waals surface area contributed by atoms with Gasteiger partial charge in [0.05, 0.1) is 16.8 Å². The Morgan fingerprint density at radius 3 is 2.41 bits per heavy atom. The molecule has 0 aliphatic carbocycles. The van der Waals surface area contributed by atoms with Gasteiger partial charge < -0.3 is 25.1 Å². The Balaban J connectivity index is 1.43. The van der Waals surface area contributed by atoms with Gasteiger partial charge in [0.15, 0.2) is 11.9 Å². The van der Waals surface area contributed by atoms with Gasteiger partial charge in [-0.3, -0.25) is 5.01 Å². The molecule has 0 radical (unpaired) electrons. The molecule has 192 valence electrons. The summed E-state index contributed by atoms with van der Waals surface area (Å²) in [7, 11) is 0. The first-order chi connectivity index (χ1) is 17.7. The zero-order chi connectivity index (χ0) is 26.2. The van der Waals surface area contributed by atoms with E-state index in [0.29, 0.717) is 5.70 Å². The minimum atomic E-state index is -2.64. The van der Waals surface area contributed by atoms with Crippen molar-refractivity contribution < 1.29 is 33.3 Å². The van der Waals surface area contributed by atoms with Crippen molar-refractivity contribution in [3.05, 3.63) is 83.6 Å². The quantitative estimate of drug-likeness (QED) is 0.567. The number of hydrogen-bond donors (Lipinski definition) is 2. The Labute approximate surface area is 211 Å². The number of alkyl halides is 1. The average Bonchev–Trinajstić information content (AvgIpc) is 3.43. The van der Waals surface area contributed by atoms with Crippen molar-refractivity contribution in [2.45, 2.75) is 43.1 Å². The number of halogens is 1. The van der Waals surface area contributed by atoms with Crippen LogP contribution in [0.25, 0.3) is 0 Å². The molecule has 0 aromatic heterocycles. The number of aliphatic hydroxyl groups is 1. The maximum absolute atomic E-state index is 16.6. The largest absolute Gasteiger partial charge is 0.459 e. The van der Waals surface area contributed by atoms with Crippen LogP contribution in [0.3, 0.4) is 0 Å². The molecule has 3 heterocycles. The van der Waals surface area contributed by atoms with Gasteiger partial charge in [0.1, 0.15) is 25.1 Å². The summed E-state index contributed by atoms with van der Waals surface area (Å²) in [5.41, 5.74) is 4.13. The normalized spacial score (nSPS) is 30.4. The molecule has 3 aliphatic heterocycles. The highest BCUT2D eigenvalue weighted by Crippen LogP contribution is 2.49. The van der Waals surface area contributed by atoms with Gasteiger partial charge in [0.2, 0.25) is 11.5 Å². The second-order valence-electron chi connectivity index (χ2n) is 9.02. The van der Waals surface area contributed by atoms with Crippen LogP contribution < -0.4 is 5.73 Å². The zero-order valence-corrected chi connectivity index (χ0v) is 19.9. The molecule has 5 atom stereocenters. The number of amidine groups is 1. The standard InChI is InChI=1S/C26H25FN4O6/c1-25(27)21(36-24(33)17-10-6-3-7-11-17)19(14-35-23(32)16-8-4-2-5-9-16)37-26(25,34)20-13-12-18-22(28)29-15-30-31(18)20/h2-12,15,19-21,34H,13-14H2,1H3,(H2,28,29,30). The number of ether oxygens (including phenoxy) is 3. The molecular weight excluding hydrogens is 483 g/mol. The maximum atomic E-state index is 16.6. The Morgan fingerprint density at radius 1 is 1.14 bits per heavy atom. The molecule has 0 bridgehead atoms. The summed E-state index contributed by atoms with van der Waals surface area (Å²) in [6, 6.07) is 15.2. The van der Waals surface area contributed by atoms with Crippen LogP contribution in [-0.2, 0) is 14.2 Å². The van der Waals surface area contributed by atoms with Crippen molar-refractivity contribution in [3.8, 4) is 0 Å². The van der Waals surface area contributed by atoms with Crippen LogP contribution in [-0.4, -0.2) is 70.5 Å². The van der Waals surface area contributed by atoms with E-state index in [-0.39, 0.29) is 23.4 Å². The Morgan fingerprint density at radius 2 is 1.76 bits per heavy atom. The van der Waals surface area contributed by atoms with Gasteiger partial charge in [-0.1, -0.05) is 42.5 Å². The van der Waals surface area contributed by atoms with Crippen LogP contribution in [0.5, 0.6) is 0 Å². The smallest absolute Gasteiger partial charge is 0.338 e. The predicted octanol–water partition coefficient (Wildman–Crippen LogP) is 2.16. The van der Waals surface area contributed by atoms with Crippen LogP contribution in [0.15, 0.2) is 82.5 Å². The van der Waals surface area contributed by atoms with E-state index in [1.165, 1.54) is 23.5 Å². The second-order valence-corrected chi connectivity index (χ2v) is 9.02. The van der Waals surface area contributed by atoms with Crippen molar-refractivity contribution in [2.24, 2.45) is 15.8 Å². The lowest BCUT2D eigenvalue weighted by Gasteiger charge is -2.41. The van der Waals surface area contributed by atoms with Gasteiger partial charge >= 0.3 is 11.9 Å². The van der Waals surface area contributed by atoms with E-state index in [1.807, 2.05) is 0 Å².